The SMILES string of the molecule is O=C(O)c1ccccc1.O=C([O-])c1ccccc1.[Na+]. The van der Waals surface area contributed by atoms with Crippen LogP contribution in [0.3, 0.4) is 0 Å². The number of rotatable bonds is 2. The van der Waals surface area contributed by atoms with E-state index < -0.39 is 11.9 Å². The maximum absolute atomic E-state index is 10.2. The van der Waals surface area contributed by atoms with Gasteiger partial charge in [-0.3, -0.25) is 0 Å². The van der Waals surface area contributed by atoms with Crippen LogP contribution in [0.4, 0.5) is 0 Å². The van der Waals surface area contributed by atoms with Crippen molar-refractivity contribution in [3.05, 3.63) is 71.8 Å². The van der Waals surface area contributed by atoms with Gasteiger partial charge >= 0.3 is 35.5 Å². The third-order valence-electron chi connectivity index (χ3n) is 2.03. The molecule has 0 saturated heterocycles. The van der Waals surface area contributed by atoms with Crippen molar-refractivity contribution >= 4 is 11.9 Å². The summed E-state index contributed by atoms with van der Waals surface area (Å²) in [5.74, 6) is -2.01. The van der Waals surface area contributed by atoms with E-state index in [0.717, 1.165) is 0 Å². The Bertz CT molecular complexity index is 462. The number of carboxylic acids is 2. The summed E-state index contributed by atoms with van der Waals surface area (Å²) in [4.78, 5) is 20.3. The predicted octanol–water partition coefficient (Wildman–Crippen LogP) is -1.56. The van der Waals surface area contributed by atoms with Gasteiger partial charge in [0.25, 0.3) is 0 Å². The van der Waals surface area contributed by atoms with Crippen LogP contribution in [0.25, 0.3) is 0 Å². The van der Waals surface area contributed by atoms with Crippen LogP contribution >= 0.6 is 0 Å². The van der Waals surface area contributed by atoms with Gasteiger partial charge in [-0.25, -0.2) is 4.79 Å². The molecule has 0 atom stereocenters. The number of carbonyl (C=O) groups is 2. The number of hydrogen-bond acceptors (Lipinski definition) is 3. The summed E-state index contributed by atoms with van der Waals surface area (Å²) >= 11 is 0. The normalized spacial score (nSPS) is 8.42. The molecular weight excluding hydrogens is 255 g/mol. The largest absolute Gasteiger partial charge is 1.00 e. The molecule has 0 unspecified atom stereocenters. The average molecular weight is 266 g/mol. The fraction of sp³-hybridized carbons (Fsp3) is 0. The van der Waals surface area contributed by atoms with E-state index in [1.54, 1.807) is 48.5 Å². The zero-order valence-corrected chi connectivity index (χ0v) is 12.4. The van der Waals surface area contributed by atoms with Gasteiger partial charge in [-0.15, -0.1) is 0 Å². The summed E-state index contributed by atoms with van der Waals surface area (Å²) in [6.07, 6.45) is 0. The molecule has 0 aromatic heterocycles. The van der Waals surface area contributed by atoms with Crippen LogP contribution in [0.2, 0.25) is 0 Å². The Hall–Kier alpha value is -1.62. The van der Waals surface area contributed by atoms with Crippen LogP contribution in [0.15, 0.2) is 60.7 Å². The second-order valence-corrected chi connectivity index (χ2v) is 3.32. The number of benzene rings is 2. The van der Waals surface area contributed by atoms with E-state index in [0.29, 0.717) is 5.56 Å². The summed E-state index contributed by atoms with van der Waals surface area (Å²) < 4.78 is 0. The van der Waals surface area contributed by atoms with E-state index >= 15 is 0 Å². The van der Waals surface area contributed by atoms with Gasteiger partial charge in [-0.05, 0) is 17.7 Å². The van der Waals surface area contributed by atoms with Gasteiger partial charge in [0.2, 0.25) is 0 Å². The van der Waals surface area contributed by atoms with Gasteiger partial charge < -0.3 is 15.0 Å². The first-order valence-electron chi connectivity index (χ1n) is 5.16. The molecule has 19 heavy (non-hydrogen) atoms. The molecule has 4 nitrogen and oxygen atoms in total. The van der Waals surface area contributed by atoms with E-state index in [-0.39, 0.29) is 35.1 Å². The van der Waals surface area contributed by atoms with Crippen molar-refractivity contribution in [2.24, 2.45) is 0 Å². The number of carbonyl (C=O) groups excluding carboxylic acids is 1. The Kier molecular flexibility index (Phi) is 8.53. The number of carboxylic acid groups (broad SMARTS) is 2. The van der Waals surface area contributed by atoms with Crippen LogP contribution in [0.5, 0.6) is 0 Å². The van der Waals surface area contributed by atoms with Gasteiger partial charge in [-0.1, -0.05) is 48.5 Å². The average Bonchev–Trinajstić information content (AvgIpc) is 2.41. The summed E-state index contributed by atoms with van der Waals surface area (Å²) in [6.45, 7) is 0. The van der Waals surface area contributed by atoms with Gasteiger partial charge in [0.1, 0.15) is 0 Å². The Morgan fingerprint density at radius 3 is 1.37 bits per heavy atom. The monoisotopic (exact) mass is 266 g/mol. The molecule has 0 radical (unpaired) electrons. The second kappa shape index (κ2) is 9.33. The van der Waals surface area contributed by atoms with Gasteiger partial charge in [0.05, 0.1) is 11.5 Å². The minimum absolute atomic E-state index is 0. The molecule has 2 rings (SSSR count). The molecule has 2 aromatic rings. The fourth-order valence-electron chi connectivity index (χ4n) is 1.15. The smallest absolute Gasteiger partial charge is 0.545 e. The molecule has 0 heterocycles. The summed E-state index contributed by atoms with van der Waals surface area (Å²) in [5, 5.41) is 18.5. The van der Waals surface area contributed by atoms with Crippen molar-refractivity contribution in [2.45, 2.75) is 0 Å². The van der Waals surface area contributed by atoms with Crippen molar-refractivity contribution < 1.29 is 49.4 Å². The van der Waals surface area contributed by atoms with E-state index in [1.165, 1.54) is 12.1 Å². The maximum Gasteiger partial charge on any atom is 1.00 e. The second-order valence-electron chi connectivity index (χ2n) is 3.32. The molecule has 1 N–H and O–H groups in total. The molecule has 5 heteroatoms. The molecule has 0 fully saturated rings. The molecule has 0 amide bonds. The Labute approximate surface area is 133 Å². The molecule has 0 aliphatic carbocycles. The van der Waals surface area contributed by atoms with Crippen molar-refractivity contribution in [1.29, 1.82) is 0 Å². The summed E-state index contributed by atoms with van der Waals surface area (Å²) in [5.41, 5.74) is 0.551. The van der Waals surface area contributed by atoms with Gasteiger partial charge in [0, 0.05) is 0 Å². The quantitative estimate of drug-likeness (QED) is 0.667. The minimum atomic E-state index is -1.13. The van der Waals surface area contributed by atoms with Crippen LogP contribution in [-0.2, 0) is 0 Å². The van der Waals surface area contributed by atoms with E-state index in [2.05, 4.69) is 0 Å². The third-order valence-corrected chi connectivity index (χ3v) is 2.03. The van der Waals surface area contributed by atoms with Gasteiger partial charge in [0.15, 0.2) is 0 Å². The zero-order valence-electron chi connectivity index (χ0n) is 10.4. The van der Waals surface area contributed by atoms with Crippen molar-refractivity contribution in [3.8, 4) is 0 Å². The molecule has 0 aliphatic heterocycles. The van der Waals surface area contributed by atoms with Crippen LogP contribution in [0, 0.1) is 0 Å². The topological polar surface area (TPSA) is 77.4 Å². The van der Waals surface area contributed by atoms with Crippen molar-refractivity contribution in [3.63, 3.8) is 0 Å². The number of aromatic carboxylic acids is 2. The van der Waals surface area contributed by atoms with Crippen LogP contribution < -0.4 is 34.7 Å². The molecule has 0 spiro atoms. The first kappa shape index (κ1) is 17.4. The first-order valence-corrected chi connectivity index (χ1v) is 5.16. The number of hydrogen-bond donors (Lipinski definition) is 1. The Balaban J connectivity index is 0.000000324. The third kappa shape index (κ3) is 6.76. The van der Waals surface area contributed by atoms with Crippen molar-refractivity contribution in [1.82, 2.24) is 0 Å². The van der Waals surface area contributed by atoms with Crippen LogP contribution in [0.1, 0.15) is 20.7 Å². The fourth-order valence-corrected chi connectivity index (χ4v) is 1.15. The Morgan fingerprint density at radius 1 is 0.789 bits per heavy atom. The molecule has 0 aliphatic rings. The molecule has 0 saturated carbocycles. The minimum Gasteiger partial charge on any atom is -0.545 e. The van der Waals surface area contributed by atoms with E-state index in [1.807, 2.05) is 0 Å². The summed E-state index contributed by atoms with van der Waals surface area (Å²) in [6, 6.07) is 16.4. The molecule has 0 bridgehead atoms. The van der Waals surface area contributed by atoms with Crippen molar-refractivity contribution in [2.75, 3.05) is 0 Å². The maximum atomic E-state index is 10.2. The van der Waals surface area contributed by atoms with E-state index in [4.69, 9.17) is 5.11 Å². The molecule has 92 valence electrons. The molecule has 2 aromatic carbocycles. The summed E-state index contributed by atoms with van der Waals surface area (Å²) in [7, 11) is 0. The molecular formula is C14H11NaO4. The predicted molar refractivity (Wildman–Crippen MR) is 64.2 cm³/mol. The van der Waals surface area contributed by atoms with Crippen LogP contribution in [-0.4, -0.2) is 17.0 Å². The van der Waals surface area contributed by atoms with E-state index in [9.17, 15) is 14.7 Å². The standard InChI is InChI=1S/2C7H6O2.Na/c2*8-7(9)6-4-2-1-3-5-6;/h2*1-5H,(H,8,9);/q;;+1/p-1. The Morgan fingerprint density at radius 2 is 1.16 bits per heavy atom. The zero-order chi connectivity index (χ0) is 13.4. The first-order chi connectivity index (χ1) is 8.61. The van der Waals surface area contributed by atoms with Gasteiger partial charge in [-0.2, -0.15) is 0 Å².